The minimum atomic E-state index is -2.76. The number of hydrogen-bond donors (Lipinski definition) is 1. The van der Waals surface area contributed by atoms with Gasteiger partial charge < -0.3 is 5.11 Å². The highest BCUT2D eigenvalue weighted by Gasteiger charge is 2.27. The second-order valence-electron chi connectivity index (χ2n) is 2.93. The van der Waals surface area contributed by atoms with E-state index in [0.29, 0.717) is 0 Å². The van der Waals surface area contributed by atoms with Crippen LogP contribution < -0.4 is 0 Å². The Kier molecular flexibility index (Phi) is 1.05. The maximum atomic E-state index is 10.8. The summed E-state index contributed by atoms with van der Waals surface area (Å²) in [6.45, 7) is 1.95. The molecule has 0 heterocycles. The van der Waals surface area contributed by atoms with Gasteiger partial charge in [0.1, 0.15) is 0 Å². The molecule has 0 aliphatic carbocycles. The number of carboxylic acids is 1. The van der Waals surface area contributed by atoms with Crippen molar-refractivity contribution in [3.8, 4) is 0 Å². The van der Waals surface area contributed by atoms with Gasteiger partial charge in [-0.3, -0.25) is 4.79 Å². The quantitative estimate of drug-likeness (QED) is 0.609. The van der Waals surface area contributed by atoms with Gasteiger partial charge in [0.2, 0.25) is 0 Å². The van der Waals surface area contributed by atoms with Crippen LogP contribution in [0.15, 0.2) is 0 Å². The highest BCUT2D eigenvalue weighted by Crippen LogP contribution is 2.20. The number of carboxylic acid groups (broad SMARTS) is 1. The minimum absolute atomic E-state index is 1.55. The number of rotatable bonds is 2. The average Bonchev–Trinajstić information content (AvgIpc) is 1.80. The van der Waals surface area contributed by atoms with Gasteiger partial charge >= 0.3 is 5.97 Å². The molecule has 1 N–H and O–H groups in total. The van der Waals surface area contributed by atoms with E-state index in [0.717, 1.165) is 0 Å². The summed E-state index contributed by atoms with van der Waals surface area (Å²) in [7, 11) is -2.60. The van der Waals surface area contributed by atoms with E-state index in [9.17, 15) is 4.79 Å². The molecular weight excluding hydrogens is 132 g/mol. The van der Waals surface area contributed by atoms with E-state index in [2.05, 4.69) is 0 Å². The maximum absolute atomic E-state index is 10.8. The first-order valence-corrected chi connectivity index (χ1v) is 6.18. The topological polar surface area (TPSA) is 37.3 Å². The molecule has 0 aromatic rings. The van der Waals surface area contributed by atoms with Gasteiger partial charge in [0.05, 0.1) is 8.07 Å². The fourth-order valence-corrected chi connectivity index (χ4v) is 0.962. The first kappa shape index (κ1) is 3.76. The van der Waals surface area contributed by atoms with Gasteiger partial charge in [-0.15, -0.1) is 0 Å². The third-order valence-electron chi connectivity index (χ3n) is 0.964. The van der Waals surface area contributed by atoms with Crippen molar-refractivity contribution in [1.29, 1.82) is 0 Å². The van der Waals surface area contributed by atoms with Crippen LogP contribution in [0.4, 0.5) is 0 Å². The summed E-state index contributed by atoms with van der Waals surface area (Å²) >= 11 is 0. The normalized spacial score (nSPS) is 26.6. The maximum Gasteiger partial charge on any atom is 0.303 e. The molecule has 1 unspecified atom stereocenters. The standard InChI is InChI=1S/C6H14O2Si/c1-5(6(7)8)9(2,3)4/h5H,1-4H3,(H,7,8)/i1D3,5D. The molecule has 3 heteroatoms. The Bertz CT molecular complexity index is 204. The van der Waals surface area contributed by atoms with Gasteiger partial charge in [0, 0.05) is 11.0 Å². The molecule has 0 spiro atoms. The Morgan fingerprint density at radius 1 is 1.78 bits per heavy atom. The van der Waals surface area contributed by atoms with Crippen LogP contribution in [0.25, 0.3) is 0 Å². The number of hydrogen-bond acceptors (Lipinski definition) is 1. The summed E-state index contributed by atoms with van der Waals surface area (Å²) in [5, 5.41) is 8.79. The molecule has 0 fully saturated rings. The molecule has 0 aliphatic rings. The largest absolute Gasteiger partial charge is 0.481 e. The zero-order chi connectivity index (χ0) is 11.1. The van der Waals surface area contributed by atoms with E-state index >= 15 is 0 Å². The molecule has 1 atom stereocenters. The van der Waals surface area contributed by atoms with Crippen LogP contribution in [0.5, 0.6) is 0 Å². The minimum Gasteiger partial charge on any atom is -0.481 e. The van der Waals surface area contributed by atoms with Crippen LogP contribution in [-0.4, -0.2) is 19.1 Å². The molecule has 0 amide bonds. The van der Waals surface area contributed by atoms with Gasteiger partial charge in [0.25, 0.3) is 0 Å². The van der Waals surface area contributed by atoms with Gasteiger partial charge in [-0.2, -0.15) is 0 Å². The lowest BCUT2D eigenvalue weighted by Crippen LogP contribution is -2.31. The highest BCUT2D eigenvalue weighted by molar-refractivity contribution is 6.80. The van der Waals surface area contributed by atoms with Crippen molar-refractivity contribution < 1.29 is 15.4 Å². The Balaban J connectivity index is 5.35. The summed E-state index contributed by atoms with van der Waals surface area (Å²) in [4.78, 5) is 10.8. The third kappa shape index (κ3) is 2.65. The molecular formula is C6H14O2Si. The van der Waals surface area contributed by atoms with Crippen LogP contribution in [0.1, 0.15) is 12.3 Å². The van der Waals surface area contributed by atoms with Gasteiger partial charge in [-0.1, -0.05) is 26.5 Å². The lowest BCUT2D eigenvalue weighted by Gasteiger charge is -2.20. The smallest absolute Gasteiger partial charge is 0.303 e. The van der Waals surface area contributed by atoms with E-state index in [1.54, 1.807) is 19.6 Å². The number of aliphatic carboxylic acids is 1. The molecule has 9 heavy (non-hydrogen) atoms. The van der Waals surface area contributed by atoms with Crippen molar-refractivity contribution in [2.75, 3.05) is 0 Å². The Hall–Kier alpha value is -0.313. The van der Waals surface area contributed by atoms with Crippen LogP contribution in [0.3, 0.4) is 0 Å². The summed E-state index contributed by atoms with van der Waals surface area (Å²) in [6, 6.07) is 0. The molecule has 0 aromatic heterocycles. The molecule has 0 radical (unpaired) electrons. The SMILES string of the molecule is [2H]C([2H])([2H])C([2H])(C(=O)O)[Si](C)(C)C. The van der Waals surface area contributed by atoms with E-state index in [1.165, 1.54) is 0 Å². The summed E-state index contributed by atoms with van der Waals surface area (Å²) in [5.74, 6) is -1.55. The first-order chi connectivity index (χ1) is 5.44. The van der Waals surface area contributed by atoms with Crippen molar-refractivity contribution in [3.63, 3.8) is 0 Å². The summed E-state index contributed by atoms with van der Waals surface area (Å²) < 4.78 is 28.8. The van der Waals surface area contributed by atoms with Gasteiger partial charge in [-0.25, -0.2) is 0 Å². The molecule has 2 nitrogen and oxygen atoms in total. The molecule has 0 rings (SSSR count). The average molecular weight is 150 g/mol. The fourth-order valence-electron chi connectivity index (χ4n) is 0.321. The lowest BCUT2D eigenvalue weighted by molar-refractivity contribution is -0.136. The number of carbonyl (C=O) groups is 1. The van der Waals surface area contributed by atoms with Crippen LogP contribution in [0, 0.1) is 0 Å². The van der Waals surface area contributed by atoms with E-state index in [4.69, 9.17) is 10.6 Å². The Morgan fingerprint density at radius 2 is 2.22 bits per heavy atom. The first-order valence-electron chi connectivity index (χ1n) is 4.68. The molecule has 0 aromatic carbocycles. The fraction of sp³-hybridized carbons (Fsp3) is 0.833. The predicted octanol–water partition coefficient (Wildman–Crippen LogP) is 1.80. The molecule has 0 bridgehead atoms. The van der Waals surface area contributed by atoms with Crippen LogP contribution >= 0.6 is 0 Å². The molecule has 0 saturated carbocycles. The molecule has 0 aliphatic heterocycles. The molecule has 54 valence electrons. The lowest BCUT2D eigenvalue weighted by atomic mass is 10.5. The van der Waals surface area contributed by atoms with Crippen molar-refractivity contribution in [2.24, 2.45) is 0 Å². The Morgan fingerprint density at radius 3 is 2.22 bits per heavy atom. The van der Waals surface area contributed by atoms with Crippen molar-refractivity contribution in [2.45, 2.75) is 32.0 Å². The monoisotopic (exact) mass is 150 g/mol. The highest BCUT2D eigenvalue weighted by atomic mass is 28.3. The summed E-state index contributed by atoms with van der Waals surface area (Å²) in [5.41, 5.74) is -2.32. The van der Waals surface area contributed by atoms with Crippen molar-refractivity contribution in [1.82, 2.24) is 0 Å². The molecule has 0 saturated heterocycles. The van der Waals surface area contributed by atoms with E-state index in [1.807, 2.05) is 0 Å². The van der Waals surface area contributed by atoms with Crippen LogP contribution in [-0.2, 0) is 4.79 Å². The van der Waals surface area contributed by atoms with E-state index in [-0.39, 0.29) is 0 Å². The van der Waals surface area contributed by atoms with Gasteiger partial charge in [-0.05, 0) is 0 Å². The second-order valence-corrected chi connectivity index (χ2v) is 7.93. The zero-order valence-electron chi connectivity index (χ0n) is 9.86. The van der Waals surface area contributed by atoms with E-state index < -0.39 is 26.4 Å². The van der Waals surface area contributed by atoms with Gasteiger partial charge in [0.15, 0.2) is 0 Å². The third-order valence-corrected chi connectivity index (χ3v) is 2.68. The van der Waals surface area contributed by atoms with Crippen molar-refractivity contribution >= 4 is 14.0 Å². The predicted molar refractivity (Wildman–Crippen MR) is 40.4 cm³/mol. The van der Waals surface area contributed by atoms with Crippen LogP contribution in [0.2, 0.25) is 25.2 Å². The Labute approximate surface area is 62.5 Å². The summed E-state index contributed by atoms with van der Waals surface area (Å²) in [6.07, 6.45) is 0. The zero-order valence-corrected chi connectivity index (χ0v) is 6.86. The van der Waals surface area contributed by atoms with Crippen molar-refractivity contribution in [3.05, 3.63) is 0 Å². The second kappa shape index (κ2) is 2.52.